The highest BCUT2D eigenvalue weighted by Gasteiger charge is 2.42. The maximum absolute atomic E-state index is 14.0. The number of hydrogen-bond acceptors (Lipinski definition) is 3. The molecule has 0 atom stereocenters. The molecule has 1 amide bonds. The lowest BCUT2D eigenvalue weighted by molar-refractivity contribution is -0.152. The van der Waals surface area contributed by atoms with E-state index in [2.05, 4.69) is 30.4 Å². The molecule has 0 bridgehead atoms. The van der Waals surface area contributed by atoms with Crippen LogP contribution < -0.4 is 5.32 Å². The first kappa shape index (κ1) is 24.5. The summed E-state index contributed by atoms with van der Waals surface area (Å²) in [6.45, 7) is 4.15. The lowest BCUT2D eigenvalue weighted by Gasteiger charge is -2.37. The zero-order valence-corrected chi connectivity index (χ0v) is 21.3. The molecule has 2 aliphatic carbocycles. The third-order valence-corrected chi connectivity index (χ3v) is 8.18. The van der Waals surface area contributed by atoms with Gasteiger partial charge in [-0.25, -0.2) is 4.98 Å². The van der Waals surface area contributed by atoms with Crippen LogP contribution in [0.3, 0.4) is 0 Å². The molecule has 5 nitrogen and oxygen atoms in total. The Morgan fingerprint density at radius 1 is 1.06 bits per heavy atom. The van der Waals surface area contributed by atoms with Gasteiger partial charge in [-0.15, -0.1) is 0 Å². The summed E-state index contributed by atoms with van der Waals surface area (Å²) < 4.78 is 0. The van der Waals surface area contributed by atoms with Crippen LogP contribution in [0, 0.1) is 12.3 Å². The largest absolute Gasteiger partial charge is 0.481 e. The number of hydrogen-bond donors (Lipinski definition) is 2. The van der Waals surface area contributed by atoms with Gasteiger partial charge in [0.05, 0.1) is 22.2 Å². The number of pyridine rings is 1. The third kappa shape index (κ3) is 4.76. The summed E-state index contributed by atoms with van der Waals surface area (Å²) in [4.78, 5) is 31.2. The number of carboxylic acids is 1. The van der Waals surface area contributed by atoms with Crippen LogP contribution in [0.4, 0.5) is 0 Å². The number of carboxylic acid groups (broad SMARTS) is 1. The first-order valence-electron chi connectivity index (χ1n) is 13.5. The fourth-order valence-corrected chi connectivity index (χ4v) is 5.88. The molecule has 0 radical (unpaired) electrons. The van der Waals surface area contributed by atoms with Crippen molar-refractivity contribution < 1.29 is 14.7 Å². The van der Waals surface area contributed by atoms with E-state index in [-0.39, 0.29) is 11.9 Å². The Bertz CT molecular complexity index is 1270. The van der Waals surface area contributed by atoms with Gasteiger partial charge in [0.25, 0.3) is 5.91 Å². The summed E-state index contributed by atoms with van der Waals surface area (Å²) >= 11 is 0. The predicted octanol–water partition coefficient (Wildman–Crippen LogP) is 7.02. The molecule has 5 rings (SSSR count). The number of nitrogens with one attached hydrogen (secondary N) is 1. The van der Waals surface area contributed by atoms with E-state index in [1.165, 1.54) is 0 Å². The SMILES string of the molecule is CCCCC1(C(=O)O)CCC(NC(=O)c2c(C3CC3)c(-c3ccccc3)nc3ccc(C)cc23)CC1. The van der Waals surface area contributed by atoms with Crippen molar-refractivity contribution in [3.8, 4) is 11.3 Å². The molecular formula is C31H36N2O3. The predicted molar refractivity (Wildman–Crippen MR) is 143 cm³/mol. The number of unbranched alkanes of at least 4 members (excludes halogenated alkanes) is 1. The minimum absolute atomic E-state index is 0.00754. The van der Waals surface area contributed by atoms with Gasteiger partial charge >= 0.3 is 5.97 Å². The van der Waals surface area contributed by atoms with Gasteiger partial charge in [0.15, 0.2) is 0 Å². The molecule has 0 spiro atoms. The van der Waals surface area contributed by atoms with Gasteiger partial charge in [0, 0.05) is 17.0 Å². The fraction of sp³-hybridized carbons (Fsp3) is 0.452. The quantitative estimate of drug-likeness (QED) is 0.360. The van der Waals surface area contributed by atoms with Crippen molar-refractivity contribution in [3.05, 3.63) is 65.2 Å². The Balaban J connectivity index is 1.49. The zero-order valence-electron chi connectivity index (χ0n) is 21.3. The van der Waals surface area contributed by atoms with Gasteiger partial charge in [-0.2, -0.15) is 0 Å². The van der Waals surface area contributed by atoms with E-state index < -0.39 is 11.4 Å². The van der Waals surface area contributed by atoms with Crippen LogP contribution in [0.2, 0.25) is 0 Å². The average Bonchev–Trinajstić information content (AvgIpc) is 3.73. The second kappa shape index (κ2) is 10.0. The molecule has 0 aliphatic heterocycles. The van der Waals surface area contributed by atoms with Gasteiger partial charge in [-0.1, -0.05) is 61.7 Å². The lowest BCUT2D eigenvalue weighted by atomic mass is 9.69. The number of benzene rings is 2. The topological polar surface area (TPSA) is 79.3 Å². The van der Waals surface area contributed by atoms with Crippen molar-refractivity contribution in [3.63, 3.8) is 0 Å². The van der Waals surface area contributed by atoms with E-state index in [0.717, 1.165) is 71.0 Å². The van der Waals surface area contributed by atoms with Crippen molar-refractivity contribution >= 4 is 22.8 Å². The summed E-state index contributed by atoms with van der Waals surface area (Å²) in [5.74, 6) is -0.383. The number of aryl methyl sites for hydroxylation is 1. The molecule has 2 saturated carbocycles. The minimum Gasteiger partial charge on any atom is -0.481 e. The van der Waals surface area contributed by atoms with E-state index in [1.54, 1.807) is 0 Å². The number of carbonyl (C=O) groups is 2. The maximum atomic E-state index is 14.0. The summed E-state index contributed by atoms with van der Waals surface area (Å²) in [6.07, 6.45) is 7.43. The summed E-state index contributed by atoms with van der Waals surface area (Å²) in [7, 11) is 0. The van der Waals surface area contributed by atoms with Gasteiger partial charge in [-0.05, 0) is 75.5 Å². The van der Waals surface area contributed by atoms with Crippen LogP contribution in [0.1, 0.15) is 92.1 Å². The highest BCUT2D eigenvalue weighted by Crippen LogP contribution is 2.47. The van der Waals surface area contributed by atoms with Gasteiger partial charge in [0.2, 0.25) is 0 Å². The number of fused-ring (bicyclic) bond motifs is 1. The second-order valence-electron chi connectivity index (χ2n) is 10.8. The molecule has 36 heavy (non-hydrogen) atoms. The highest BCUT2D eigenvalue weighted by molar-refractivity contribution is 6.09. The molecule has 1 heterocycles. The Morgan fingerprint density at radius 3 is 2.42 bits per heavy atom. The van der Waals surface area contributed by atoms with Gasteiger partial charge in [0.1, 0.15) is 0 Å². The molecule has 0 saturated heterocycles. The summed E-state index contributed by atoms with van der Waals surface area (Å²) in [5, 5.41) is 14.2. The molecule has 3 aromatic rings. The summed E-state index contributed by atoms with van der Waals surface area (Å²) in [5.41, 5.74) is 5.07. The molecule has 1 aromatic heterocycles. The van der Waals surface area contributed by atoms with Crippen molar-refractivity contribution in [1.82, 2.24) is 10.3 Å². The molecule has 0 unspecified atom stereocenters. The smallest absolute Gasteiger partial charge is 0.309 e. The number of aromatic nitrogens is 1. The summed E-state index contributed by atoms with van der Waals surface area (Å²) in [6, 6.07) is 16.3. The third-order valence-electron chi connectivity index (χ3n) is 8.18. The zero-order chi connectivity index (χ0) is 25.3. The normalized spacial score (nSPS) is 21.9. The Hall–Kier alpha value is -3.21. The average molecular weight is 485 g/mol. The molecule has 2 aromatic carbocycles. The van der Waals surface area contributed by atoms with Crippen molar-refractivity contribution in [2.75, 3.05) is 0 Å². The molecule has 2 N–H and O–H groups in total. The van der Waals surface area contributed by atoms with E-state index in [9.17, 15) is 14.7 Å². The van der Waals surface area contributed by atoms with Crippen LogP contribution in [-0.2, 0) is 4.79 Å². The number of amides is 1. The molecular weight excluding hydrogens is 448 g/mol. The van der Waals surface area contributed by atoms with E-state index in [4.69, 9.17) is 4.98 Å². The number of carbonyl (C=O) groups excluding carboxylic acids is 1. The standard InChI is InChI=1S/C31H36N2O3/c1-3-4-16-31(30(35)36)17-14-23(15-18-31)32-29(34)27-24-19-20(2)10-13-25(24)33-28(26(27)21-11-12-21)22-8-6-5-7-9-22/h5-10,13,19,21,23H,3-4,11-12,14-18H2,1-2H3,(H,32,34)(H,35,36). The van der Waals surface area contributed by atoms with Crippen molar-refractivity contribution in [2.45, 2.75) is 83.6 Å². The fourth-order valence-electron chi connectivity index (χ4n) is 5.88. The van der Waals surface area contributed by atoms with E-state index >= 15 is 0 Å². The molecule has 2 fully saturated rings. The van der Waals surface area contributed by atoms with Crippen molar-refractivity contribution in [1.29, 1.82) is 0 Å². The lowest BCUT2D eigenvalue weighted by Crippen LogP contribution is -2.43. The molecule has 2 aliphatic rings. The maximum Gasteiger partial charge on any atom is 0.309 e. The van der Waals surface area contributed by atoms with Crippen molar-refractivity contribution in [2.24, 2.45) is 5.41 Å². The number of aliphatic carboxylic acids is 1. The Kier molecular flexibility index (Phi) is 6.83. The van der Waals surface area contributed by atoms with E-state index in [0.29, 0.717) is 31.6 Å². The number of nitrogens with zero attached hydrogens (tertiary/aromatic N) is 1. The van der Waals surface area contributed by atoms with Gasteiger partial charge in [-0.3, -0.25) is 9.59 Å². The van der Waals surface area contributed by atoms with Crippen LogP contribution in [0.5, 0.6) is 0 Å². The minimum atomic E-state index is -0.681. The second-order valence-corrected chi connectivity index (χ2v) is 10.8. The van der Waals surface area contributed by atoms with Crippen LogP contribution >= 0.6 is 0 Å². The Labute approximate surface area is 213 Å². The monoisotopic (exact) mass is 484 g/mol. The van der Waals surface area contributed by atoms with Crippen LogP contribution in [-0.4, -0.2) is 28.0 Å². The Morgan fingerprint density at radius 2 is 1.78 bits per heavy atom. The molecule has 5 heteroatoms. The highest BCUT2D eigenvalue weighted by atomic mass is 16.4. The van der Waals surface area contributed by atoms with Crippen LogP contribution in [0.25, 0.3) is 22.2 Å². The molecule has 188 valence electrons. The van der Waals surface area contributed by atoms with E-state index in [1.807, 2.05) is 37.3 Å². The first-order valence-corrected chi connectivity index (χ1v) is 13.5. The van der Waals surface area contributed by atoms with Crippen LogP contribution in [0.15, 0.2) is 48.5 Å². The number of rotatable bonds is 8. The first-order chi connectivity index (χ1) is 17.4. The van der Waals surface area contributed by atoms with Gasteiger partial charge < -0.3 is 10.4 Å².